The van der Waals surface area contributed by atoms with E-state index in [0.717, 1.165) is 8.95 Å². The molecule has 0 aliphatic rings. The zero-order chi connectivity index (χ0) is 15.9. The summed E-state index contributed by atoms with van der Waals surface area (Å²) in [6.07, 6.45) is 0. The molecule has 0 spiro atoms. The zero-order valence-electron chi connectivity index (χ0n) is 12.9. The summed E-state index contributed by atoms with van der Waals surface area (Å²) in [5, 5.41) is 0. The van der Waals surface area contributed by atoms with Crippen LogP contribution < -0.4 is 0 Å². The monoisotopic (exact) mass is 472 g/mol. The highest BCUT2D eigenvalue weighted by Gasteiger charge is 2.21. The van der Waals surface area contributed by atoms with E-state index in [1.165, 1.54) is 38.9 Å². The van der Waals surface area contributed by atoms with Gasteiger partial charge in [0.25, 0.3) is 0 Å². The van der Waals surface area contributed by atoms with Crippen molar-refractivity contribution in [3.05, 3.63) is 66.1 Å². The molecule has 2 aromatic rings. The Morgan fingerprint density at radius 3 is 1.76 bits per heavy atom. The van der Waals surface area contributed by atoms with Gasteiger partial charge in [0.1, 0.15) is 0 Å². The molecular formula is C18H19Br3. The zero-order valence-corrected chi connectivity index (χ0v) is 17.7. The number of benzene rings is 2. The van der Waals surface area contributed by atoms with Crippen LogP contribution in [0.2, 0.25) is 0 Å². The maximum Gasteiger partial charge on any atom is 0.0661 e. The van der Waals surface area contributed by atoms with Gasteiger partial charge in [0.15, 0.2) is 0 Å². The molecular weight excluding hydrogens is 456 g/mol. The third kappa shape index (κ3) is 3.16. The Hall–Kier alpha value is -0.120. The Labute approximate surface area is 152 Å². The van der Waals surface area contributed by atoms with E-state index in [0.29, 0.717) is 0 Å². The fourth-order valence-electron chi connectivity index (χ4n) is 2.77. The predicted octanol–water partition coefficient (Wildman–Crippen LogP) is 7.24. The smallest absolute Gasteiger partial charge is 0.0661 e. The summed E-state index contributed by atoms with van der Waals surface area (Å²) < 4.78 is 2.23. The molecule has 0 N–H and O–H groups in total. The third-order valence-corrected chi connectivity index (χ3v) is 6.71. The summed E-state index contributed by atoms with van der Waals surface area (Å²) in [7, 11) is 0. The number of rotatable bonds is 2. The lowest BCUT2D eigenvalue weighted by Gasteiger charge is -2.23. The van der Waals surface area contributed by atoms with E-state index in [1.807, 2.05) is 0 Å². The Bertz CT molecular complexity index is 673. The van der Waals surface area contributed by atoms with E-state index >= 15 is 0 Å². The van der Waals surface area contributed by atoms with Crippen LogP contribution in [0.25, 0.3) is 0 Å². The van der Waals surface area contributed by atoms with E-state index in [-0.39, 0.29) is 4.83 Å². The van der Waals surface area contributed by atoms with E-state index in [1.54, 1.807) is 0 Å². The van der Waals surface area contributed by atoms with Crippen LogP contribution in [0.5, 0.6) is 0 Å². The molecule has 0 aliphatic heterocycles. The third-order valence-electron chi connectivity index (χ3n) is 4.54. The van der Waals surface area contributed by atoms with Crippen LogP contribution >= 0.6 is 47.8 Å². The highest BCUT2D eigenvalue weighted by Crippen LogP contribution is 2.41. The van der Waals surface area contributed by atoms with Gasteiger partial charge in [0.2, 0.25) is 0 Å². The second-order valence-corrected chi connectivity index (χ2v) is 8.25. The lowest BCUT2D eigenvalue weighted by Crippen LogP contribution is -2.06. The molecule has 21 heavy (non-hydrogen) atoms. The molecule has 0 radical (unpaired) electrons. The van der Waals surface area contributed by atoms with Gasteiger partial charge in [-0.3, -0.25) is 0 Å². The van der Waals surface area contributed by atoms with Crippen molar-refractivity contribution in [2.75, 3.05) is 0 Å². The Morgan fingerprint density at radius 2 is 1.24 bits per heavy atom. The highest BCUT2D eigenvalue weighted by atomic mass is 79.9. The summed E-state index contributed by atoms with van der Waals surface area (Å²) in [5.74, 6) is 0. The summed E-state index contributed by atoms with van der Waals surface area (Å²) in [5.41, 5.74) is 9.58. The van der Waals surface area contributed by atoms with Crippen LogP contribution in [0, 0.1) is 34.6 Å². The maximum absolute atomic E-state index is 3.92. The second kappa shape index (κ2) is 6.55. The van der Waals surface area contributed by atoms with Gasteiger partial charge >= 0.3 is 0 Å². The summed E-state index contributed by atoms with van der Waals surface area (Å²) >= 11 is 11.2. The fourth-order valence-corrected chi connectivity index (χ4v) is 5.00. The number of hydrogen-bond donors (Lipinski definition) is 0. The van der Waals surface area contributed by atoms with Crippen molar-refractivity contribution in [1.29, 1.82) is 0 Å². The molecule has 0 saturated carbocycles. The first-order valence-electron chi connectivity index (χ1n) is 6.91. The summed E-state index contributed by atoms with van der Waals surface area (Å²) in [4.78, 5) is 0.183. The molecule has 2 rings (SSSR count). The Morgan fingerprint density at radius 1 is 0.762 bits per heavy atom. The summed E-state index contributed by atoms with van der Waals surface area (Å²) in [6.45, 7) is 11.1. The molecule has 1 atom stereocenters. The van der Waals surface area contributed by atoms with Gasteiger partial charge in [0.05, 0.1) is 4.83 Å². The topological polar surface area (TPSA) is 0 Å². The van der Waals surface area contributed by atoms with Gasteiger partial charge in [-0.2, -0.15) is 0 Å². The molecule has 2 aromatic carbocycles. The molecule has 0 aromatic heterocycles. The van der Waals surface area contributed by atoms with Crippen LogP contribution in [-0.4, -0.2) is 0 Å². The van der Waals surface area contributed by atoms with Crippen LogP contribution in [0.3, 0.4) is 0 Å². The lowest BCUT2D eigenvalue weighted by molar-refractivity contribution is 1.05. The van der Waals surface area contributed by atoms with Gasteiger partial charge in [-0.15, -0.1) is 0 Å². The van der Waals surface area contributed by atoms with E-state index in [4.69, 9.17) is 0 Å². The van der Waals surface area contributed by atoms with Crippen molar-refractivity contribution < 1.29 is 0 Å². The molecule has 0 saturated heterocycles. The molecule has 0 aliphatic carbocycles. The average Bonchev–Trinajstić information content (AvgIpc) is 2.45. The van der Waals surface area contributed by atoms with Gasteiger partial charge in [0, 0.05) is 8.95 Å². The molecule has 0 bridgehead atoms. The largest absolute Gasteiger partial charge is 0.0786 e. The Balaban J connectivity index is 2.69. The quantitative estimate of drug-likeness (QED) is 0.402. The maximum atomic E-state index is 3.92. The first-order chi connectivity index (χ1) is 9.75. The number of alkyl halides is 1. The van der Waals surface area contributed by atoms with E-state index in [9.17, 15) is 0 Å². The van der Waals surface area contributed by atoms with Crippen LogP contribution in [0.15, 0.2) is 27.1 Å². The SMILES string of the molecule is Cc1c(C)c(C)c(C(Br)c2cc(Br)ccc2Br)c(C)c1C. The molecule has 0 fully saturated rings. The molecule has 3 heteroatoms. The van der Waals surface area contributed by atoms with Crippen molar-refractivity contribution in [1.82, 2.24) is 0 Å². The standard InChI is InChI=1S/C18H19Br3/c1-9-10(2)12(4)17(13(5)11(9)3)18(21)15-8-14(19)6-7-16(15)20/h6-8,18H,1-5H3. The normalized spacial score (nSPS) is 12.6. The minimum atomic E-state index is 0.183. The van der Waals surface area contributed by atoms with Gasteiger partial charge in [-0.05, 0) is 91.8 Å². The first kappa shape index (κ1) is 17.2. The van der Waals surface area contributed by atoms with Crippen molar-refractivity contribution in [3.8, 4) is 0 Å². The first-order valence-corrected chi connectivity index (χ1v) is 9.41. The fraction of sp³-hybridized carbons (Fsp3) is 0.333. The molecule has 0 amide bonds. The van der Waals surface area contributed by atoms with Crippen LogP contribution in [-0.2, 0) is 0 Å². The van der Waals surface area contributed by atoms with Crippen molar-refractivity contribution in [2.45, 2.75) is 39.4 Å². The Kier molecular flexibility index (Phi) is 5.38. The second-order valence-electron chi connectivity index (χ2n) is 5.57. The van der Waals surface area contributed by atoms with Gasteiger partial charge < -0.3 is 0 Å². The minimum absolute atomic E-state index is 0.183. The van der Waals surface area contributed by atoms with Crippen LogP contribution in [0.4, 0.5) is 0 Å². The number of hydrogen-bond acceptors (Lipinski definition) is 0. The average molecular weight is 475 g/mol. The van der Waals surface area contributed by atoms with Crippen molar-refractivity contribution in [3.63, 3.8) is 0 Å². The number of halogens is 3. The minimum Gasteiger partial charge on any atom is -0.0786 e. The molecule has 112 valence electrons. The molecule has 0 heterocycles. The molecule has 0 nitrogen and oxygen atoms in total. The van der Waals surface area contributed by atoms with Crippen molar-refractivity contribution >= 4 is 47.8 Å². The van der Waals surface area contributed by atoms with Gasteiger partial charge in [-0.25, -0.2) is 0 Å². The van der Waals surface area contributed by atoms with E-state index in [2.05, 4.69) is 101 Å². The van der Waals surface area contributed by atoms with Crippen molar-refractivity contribution in [2.24, 2.45) is 0 Å². The van der Waals surface area contributed by atoms with E-state index < -0.39 is 0 Å². The lowest BCUT2D eigenvalue weighted by atomic mass is 9.87. The molecule has 1 unspecified atom stereocenters. The summed E-state index contributed by atoms with van der Waals surface area (Å²) in [6, 6.07) is 6.32. The highest BCUT2D eigenvalue weighted by molar-refractivity contribution is 9.11. The van der Waals surface area contributed by atoms with Gasteiger partial charge in [-0.1, -0.05) is 47.8 Å². The predicted molar refractivity (Wildman–Crippen MR) is 103 cm³/mol. The van der Waals surface area contributed by atoms with Crippen LogP contribution in [0.1, 0.15) is 43.8 Å².